The Labute approximate surface area is 188 Å². The van der Waals surface area contributed by atoms with Gasteiger partial charge in [-0.2, -0.15) is 0 Å². The number of H-pyrrole nitrogens is 1. The normalized spacial score (nSPS) is 19.3. The zero-order valence-corrected chi connectivity index (χ0v) is 18.9. The topological polar surface area (TPSA) is 101 Å². The Morgan fingerprint density at radius 3 is 2.81 bits per heavy atom. The largest absolute Gasteiger partial charge is 0.496 e. The molecule has 1 aliphatic heterocycles. The van der Waals surface area contributed by atoms with Crippen LogP contribution >= 0.6 is 0 Å². The number of carbonyl (C=O) groups is 1. The second-order valence-electron chi connectivity index (χ2n) is 8.38. The first-order valence-electron chi connectivity index (χ1n) is 11.0. The Morgan fingerprint density at radius 2 is 2.12 bits per heavy atom. The number of hydrogen-bond acceptors (Lipinski definition) is 5. The summed E-state index contributed by atoms with van der Waals surface area (Å²) in [4.78, 5) is 17.2. The summed E-state index contributed by atoms with van der Waals surface area (Å²) in [5.74, 6) is -0.137. The number of fused-ring (bicyclic) bond motifs is 1. The molecule has 1 saturated heterocycles. The second kappa shape index (κ2) is 9.22. The molecule has 4 rings (SSSR count). The van der Waals surface area contributed by atoms with Gasteiger partial charge in [-0.3, -0.25) is 4.90 Å². The number of aromatic amines is 1. The number of benzene rings is 2. The molecule has 0 unspecified atom stereocenters. The van der Waals surface area contributed by atoms with Gasteiger partial charge in [0.15, 0.2) is 0 Å². The van der Waals surface area contributed by atoms with Gasteiger partial charge >= 0.3 is 5.97 Å². The van der Waals surface area contributed by atoms with Gasteiger partial charge in [-0.15, -0.1) is 0 Å². The molecule has 32 heavy (non-hydrogen) atoms. The smallest absolute Gasteiger partial charge is 0.337 e. The van der Waals surface area contributed by atoms with Crippen LogP contribution in [0.4, 0.5) is 5.69 Å². The fourth-order valence-electron chi connectivity index (χ4n) is 4.87. The molecule has 0 amide bonds. The molecular formula is C25H31N3O4. The molecule has 0 bridgehead atoms. The molecule has 0 radical (unpaired) electrons. The molecule has 3 aromatic rings. The number of aryl methyl sites for hydroxylation is 1. The number of hydrogen-bond donors (Lipinski definition) is 3. The minimum atomic E-state index is -1.01. The van der Waals surface area contributed by atoms with Crippen molar-refractivity contribution in [3.05, 3.63) is 58.8 Å². The summed E-state index contributed by atoms with van der Waals surface area (Å²) in [6.07, 6.45) is 3.89. The van der Waals surface area contributed by atoms with Crippen molar-refractivity contribution in [1.82, 2.24) is 9.88 Å². The number of nitrogens with two attached hydrogens (primary N) is 1. The molecule has 7 nitrogen and oxygen atoms in total. The van der Waals surface area contributed by atoms with Gasteiger partial charge in [0, 0.05) is 54.1 Å². The van der Waals surface area contributed by atoms with E-state index in [4.69, 9.17) is 15.2 Å². The third-order valence-corrected chi connectivity index (χ3v) is 6.45. The number of nitrogen functional groups attached to an aromatic ring is 1. The van der Waals surface area contributed by atoms with E-state index in [-0.39, 0.29) is 23.4 Å². The van der Waals surface area contributed by atoms with Gasteiger partial charge in [0.25, 0.3) is 0 Å². The van der Waals surface area contributed by atoms with Crippen LogP contribution in [-0.4, -0.2) is 47.3 Å². The number of nitrogens with zero attached hydrogens (tertiary/aromatic N) is 1. The number of likely N-dealkylation sites (tertiary alicyclic amines) is 1. The van der Waals surface area contributed by atoms with Crippen LogP contribution in [0, 0.1) is 6.92 Å². The summed E-state index contributed by atoms with van der Waals surface area (Å²) in [6, 6.07) is 9.52. The SMILES string of the molecule is CCO[C@@H]1CCN(Cc2c(OC)cc(C)c3[nH]ccc23)[C@@H](c2ccc(C(=O)O)c(N)c2)C1. The van der Waals surface area contributed by atoms with E-state index >= 15 is 0 Å². The molecular weight excluding hydrogens is 406 g/mol. The Hall–Kier alpha value is -3.03. The van der Waals surface area contributed by atoms with Crippen molar-refractivity contribution in [3.63, 3.8) is 0 Å². The van der Waals surface area contributed by atoms with Crippen molar-refractivity contribution in [2.75, 3.05) is 26.0 Å². The number of rotatable bonds is 7. The monoisotopic (exact) mass is 437 g/mol. The molecule has 2 atom stereocenters. The van der Waals surface area contributed by atoms with Crippen LogP contribution in [0.1, 0.15) is 52.9 Å². The van der Waals surface area contributed by atoms with Gasteiger partial charge in [-0.25, -0.2) is 4.79 Å². The van der Waals surface area contributed by atoms with E-state index in [1.165, 1.54) is 0 Å². The number of methoxy groups -OCH3 is 1. The summed E-state index contributed by atoms with van der Waals surface area (Å²) < 4.78 is 11.7. The Morgan fingerprint density at radius 1 is 1.31 bits per heavy atom. The van der Waals surface area contributed by atoms with E-state index in [9.17, 15) is 9.90 Å². The van der Waals surface area contributed by atoms with E-state index in [2.05, 4.69) is 28.9 Å². The van der Waals surface area contributed by atoms with Gasteiger partial charge in [-0.05, 0) is 62.1 Å². The maximum Gasteiger partial charge on any atom is 0.337 e. The quantitative estimate of drug-likeness (QED) is 0.470. The van der Waals surface area contributed by atoms with Crippen LogP contribution in [0.2, 0.25) is 0 Å². The van der Waals surface area contributed by atoms with Crippen LogP contribution in [0.15, 0.2) is 36.5 Å². The average molecular weight is 438 g/mol. The van der Waals surface area contributed by atoms with Crippen molar-refractivity contribution >= 4 is 22.6 Å². The Bertz CT molecular complexity index is 1120. The third-order valence-electron chi connectivity index (χ3n) is 6.45. The van der Waals surface area contributed by atoms with Crippen LogP contribution in [-0.2, 0) is 11.3 Å². The number of carboxylic acid groups (broad SMARTS) is 1. The molecule has 1 aromatic heterocycles. The lowest BCUT2D eigenvalue weighted by atomic mass is 9.91. The van der Waals surface area contributed by atoms with Crippen molar-refractivity contribution in [3.8, 4) is 5.75 Å². The van der Waals surface area contributed by atoms with E-state index in [1.54, 1.807) is 19.2 Å². The maximum atomic E-state index is 11.4. The molecule has 0 aliphatic carbocycles. The first-order valence-corrected chi connectivity index (χ1v) is 11.0. The molecule has 170 valence electrons. The standard InChI is InChI=1S/C25H31N3O4/c1-4-32-17-8-10-28(22(13-17)16-5-6-19(25(29)30)21(26)12-16)14-20-18-7-9-27-24(18)15(2)11-23(20)31-3/h5-7,9,11-12,17,22,27H,4,8,10,13-14,26H2,1-3H3,(H,29,30)/t17-,22-/m1/s1. The second-order valence-corrected chi connectivity index (χ2v) is 8.38. The highest BCUT2D eigenvalue weighted by Gasteiger charge is 2.31. The van der Waals surface area contributed by atoms with Crippen LogP contribution in [0.3, 0.4) is 0 Å². The number of nitrogens with one attached hydrogen (secondary N) is 1. The average Bonchev–Trinajstić information content (AvgIpc) is 3.27. The minimum Gasteiger partial charge on any atom is -0.496 e. The van der Waals surface area contributed by atoms with E-state index in [0.29, 0.717) is 13.2 Å². The summed E-state index contributed by atoms with van der Waals surface area (Å²) in [5.41, 5.74) is 10.9. The first kappa shape index (κ1) is 22.2. The zero-order chi connectivity index (χ0) is 22.8. The summed E-state index contributed by atoms with van der Waals surface area (Å²) in [7, 11) is 1.71. The summed E-state index contributed by atoms with van der Waals surface area (Å²) in [5, 5.41) is 10.5. The predicted molar refractivity (Wildman–Crippen MR) is 125 cm³/mol. The lowest BCUT2D eigenvalue weighted by molar-refractivity contribution is -0.0138. The molecule has 4 N–H and O–H groups in total. The minimum absolute atomic E-state index is 0.0606. The number of anilines is 1. The highest BCUT2D eigenvalue weighted by atomic mass is 16.5. The molecule has 0 saturated carbocycles. The van der Waals surface area contributed by atoms with Gasteiger partial charge in [-0.1, -0.05) is 6.07 Å². The van der Waals surface area contributed by atoms with E-state index < -0.39 is 5.97 Å². The lowest BCUT2D eigenvalue weighted by Crippen LogP contribution is -2.39. The molecule has 2 heterocycles. The highest BCUT2D eigenvalue weighted by molar-refractivity contribution is 5.93. The van der Waals surface area contributed by atoms with Crippen LogP contribution in [0.25, 0.3) is 10.9 Å². The van der Waals surface area contributed by atoms with Crippen LogP contribution < -0.4 is 10.5 Å². The van der Waals surface area contributed by atoms with E-state index in [0.717, 1.165) is 52.7 Å². The first-order chi connectivity index (χ1) is 15.4. The summed E-state index contributed by atoms with van der Waals surface area (Å²) in [6.45, 7) is 6.34. The van der Waals surface area contributed by atoms with Crippen molar-refractivity contribution in [1.29, 1.82) is 0 Å². The Kier molecular flexibility index (Phi) is 6.39. The fourth-order valence-corrected chi connectivity index (χ4v) is 4.87. The molecule has 0 spiro atoms. The zero-order valence-electron chi connectivity index (χ0n) is 18.9. The number of ether oxygens (including phenoxy) is 2. The number of piperidine rings is 1. The maximum absolute atomic E-state index is 11.4. The number of aromatic carboxylic acids is 1. The summed E-state index contributed by atoms with van der Waals surface area (Å²) >= 11 is 0. The molecule has 7 heteroatoms. The van der Waals surface area contributed by atoms with Crippen LogP contribution in [0.5, 0.6) is 5.75 Å². The van der Waals surface area contributed by atoms with Gasteiger partial charge in [0.05, 0.1) is 18.8 Å². The molecule has 2 aromatic carbocycles. The predicted octanol–water partition coefficient (Wildman–Crippen LogP) is 4.51. The number of aromatic nitrogens is 1. The van der Waals surface area contributed by atoms with Gasteiger partial charge in [0.1, 0.15) is 5.75 Å². The van der Waals surface area contributed by atoms with Crippen molar-refractivity contribution in [2.45, 2.75) is 45.4 Å². The molecule has 1 aliphatic rings. The highest BCUT2D eigenvalue weighted by Crippen LogP contribution is 2.38. The fraction of sp³-hybridized carbons (Fsp3) is 0.400. The number of carboxylic acids is 1. The van der Waals surface area contributed by atoms with Crippen molar-refractivity contribution < 1.29 is 19.4 Å². The molecule has 1 fully saturated rings. The third kappa shape index (κ3) is 4.18. The Balaban J connectivity index is 1.72. The van der Waals surface area contributed by atoms with Crippen molar-refractivity contribution in [2.24, 2.45) is 0 Å². The van der Waals surface area contributed by atoms with Gasteiger partial charge < -0.3 is 25.3 Å². The lowest BCUT2D eigenvalue weighted by Gasteiger charge is -2.40. The van der Waals surface area contributed by atoms with E-state index in [1.807, 2.05) is 19.2 Å². The van der Waals surface area contributed by atoms with Gasteiger partial charge in [0.2, 0.25) is 0 Å².